The third-order valence-electron chi connectivity index (χ3n) is 4.54. The zero-order valence-corrected chi connectivity index (χ0v) is 16.2. The summed E-state index contributed by atoms with van der Waals surface area (Å²) in [5.41, 5.74) is 3.53. The summed E-state index contributed by atoms with van der Waals surface area (Å²) in [6, 6.07) is 13.1. The molecule has 29 heavy (non-hydrogen) atoms. The van der Waals surface area contributed by atoms with Crippen LogP contribution in [0.15, 0.2) is 57.9 Å². The summed E-state index contributed by atoms with van der Waals surface area (Å²) in [6.45, 7) is 2.09. The largest absolute Gasteiger partial charge is 0.497 e. The van der Waals surface area contributed by atoms with Crippen LogP contribution in [0.3, 0.4) is 0 Å². The minimum atomic E-state index is -0.338. The first-order valence-corrected chi connectivity index (χ1v) is 8.87. The van der Waals surface area contributed by atoms with Gasteiger partial charge in [-0.1, -0.05) is 12.1 Å². The minimum Gasteiger partial charge on any atom is -0.497 e. The summed E-state index contributed by atoms with van der Waals surface area (Å²) in [4.78, 5) is 16.6. The highest BCUT2D eigenvalue weighted by molar-refractivity contribution is 5.59. The van der Waals surface area contributed by atoms with Gasteiger partial charge >= 0.3 is 11.8 Å². The number of oxazole rings is 1. The summed E-state index contributed by atoms with van der Waals surface area (Å²) in [5.74, 6) is 0.764. The SMILES string of the molecule is COc1ccc(-c2coc(OCc3c(C)cccc3-n3nnn(C)c3=O)n2)cc1. The number of rotatable bonds is 6. The normalized spacial score (nSPS) is 10.9. The van der Waals surface area contributed by atoms with Crippen LogP contribution < -0.4 is 15.2 Å². The topological polar surface area (TPSA) is 97.2 Å². The molecule has 0 radical (unpaired) electrons. The second kappa shape index (κ2) is 7.63. The second-order valence-electron chi connectivity index (χ2n) is 6.39. The molecule has 0 unspecified atom stereocenters. The Kier molecular flexibility index (Phi) is 4.86. The summed E-state index contributed by atoms with van der Waals surface area (Å²) < 4.78 is 18.8. The highest BCUT2D eigenvalue weighted by Gasteiger charge is 2.15. The maximum Gasteiger partial charge on any atom is 0.394 e. The third kappa shape index (κ3) is 3.62. The average Bonchev–Trinajstić information content (AvgIpc) is 3.34. The fraction of sp³-hybridized carbons (Fsp3) is 0.200. The molecule has 2 aromatic carbocycles. The van der Waals surface area contributed by atoms with Gasteiger partial charge < -0.3 is 13.9 Å². The molecular formula is C20H19N5O4. The number of hydrogen-bond donors (Lipinski definition) is 0. The molecule has 9 nitrogen and oxygen atoms in total. The van der Waals surface area contributed by atoms with E-state index in [-0.39, 0.29) is 18.4 Å². The van der Waals surface area contributed by atoms with E-state index in [1.807, 2.05) is 43.3 Å². The van der Waals surface area contributed by atoms with Crippen LogP contribution in [0.25, 0.3) is 16.9 Å². The van der Waals surface area contributed by atoms with Gasteiger partial charge in [-0.25, -0.2) is 4.79 Å². The molecule has 0 aliphatic heterocycles. The van der Waals surface area contributed by atoms with E-state index < -0.39 is 0 Å². The Morgan fingerprint density at radius 2 is 1.90 bits per heavy atom. The van der Waals surface area contributed by atoms with Gasteiger partial charge in [0.05, 0.1) is 12.8 Å². The van der Waals surface area contributed by atoms with E-state index in [1.54, 1.807) is 20.2 Å². The molecule has 9 heteroatoms. The summed E-state index contributed by atoms with van der Waals surface area (Å²) in [5, 5.41) is 7.68. The van der Waals surface area contributed by atoms with Crippen LogP contribution in [0.5, 0.6) is 11.8 Å². The van der Waals surface area contributed by atoms with Crippen molar-refractivity contribution >= 4 is 0 Å². The van der Waals surface area contributed by atoms with Crippen LogP contribution in [0.1, 0.15) is 11.1 Å². The number of aryl methyl sites for hydroxylation is 2. The summed E-state index contributed by atoms with van der Waals surface area (Å²) in [7, 11) is 3.16. The summed E-state index contributed by atoms with van der Waals surface area (Å²) >= 11 is 0. The molecule has 0 fully saturated rings. The van der Waals surface area contributed by atoms with Crippen LogP contribution >= 0.6 is 0 Å². The van der Waals surface area contributed by atoms with E-state index in [2.05, 4.69) is 15.4 Å². The zero-order valence-electron chi connectivity index (χ0n) is 16.2. The first-order valence-electron chi connectivity index (χ1n) is 8.87. The van der Waals surface area contributed by atoms with Crippen molar-refractivity contribution < 1.29 is 13.9 Å². The van der Waals surface area contributed by atoms with Gasteiger partial charge in [0.15, 0.2) is 0 Å². The number of nitrogens with zero attached hydrogens (tertiary/aromatic N) is 5. The highest BCUT2D eigenvalue weighted by atomic mass is 16.6. The van der Waals surface area contributed by atoms with E-state index >= 15 is 0 Å². The Bertz CT molecular complexity index is 1190. The Hall–Kier alpha value is -3.88. The van der Waals surface area contributed by atoms with E-state index in [4.69, 9.17) is 13.9 Å². The zero-order chi connectivity index (χ0) is 20.4. The van der Waals surface area contributed by atoms with Crippen molar-refractivity contribution in [3.05, 3.63) is 70.3 Å². The number of tetrazole rings is 1. The monoisotopic (exact) mass is 393 g/mol. The van der Waals surface area contributed by atoms with Crippen LogP contribution in [-0.2, 0) is 13.7 Å². The smallest absolute Gasteiger partial charge is 0.394 e. The van der Waals surface area contributed by atoms with Crippen LogP contribution in [-0.4, -0.2) is 31.9 Å². The molecule has 2 aromatic heterocycles. The van der Waals surface area contributed by atoms with Gasteiger partial charge in [-0.15, -0.1) is 0 Å². The van der Waals surface area contributed by atoms with Crippen molar-refractivity contribution in [3.63, 3.8) is 0 Å². The van der Waals surface area contributed by atoms with E-state index in [0.29, 0.717) is 11.4 Å². The lowest BCUT2D eigenvalue weighted by atomic mass is 10.1. The Morgan fingerprint density at radius 1 is 1.10 bits per heavy atom. The Labute approximate surface area is 166 Å². The van der Waals surface area contributed by atoms with Gasteiger partial charge in [-0.2, -0.15) is 14.3 Å². The predicted molar refractivity (Wildman–Crippen MR) is 104 cm³/mol. The molecule has 4 aromatic rings. The quantitative estimate of drug-likeness (QED) is 0.496. The summed E-state index contributed by atoms with van der Waals surface area (Å²) in [6.07, 6.45) is 1.67. The van der Waals surface area contributed by atoms with Crippen molar-refractivity contribution in [1.82, 2.24) is 24.8 Å². The van der Waals surface area contributed by atoms with Gasteiger partial charge in [0, 0.05) is 18.2 Å². The minimum absolute atomic E-state index is 0.136. The van der Waals surface area contributed by atoms with Crippen molar-refractivity contribution in [1.29, 1.82) is 0 Å². The number of aromatic nitrogens is 5. The number of ether oxygens (including phenoxy) is 2. The van der Waals surface area contributed by atoms with Crippen molar-refractivity contribution in [2.24, 2.45) is 7.05 Å². The first kappa shape index (κ1) is 18.5. The molecule has 4 rings (SSSR count). The number of benzene rings is 2. The van der Waals surface area contributed by atoms with E-state index in [1.165, 1.54) is 15.6 Å². The third-order valence-corrected chi connectivity index (χ3v) is 4.54. The maximum absolute atomic E-state index is 12.2. The Balaban J connectivity index is 1.56. The molecule has 0 amide bonds. The standard InChI is InChI=1S/C20H19N5O4/c1-13-5-4-6-18(25-20(26)24(2)22-23-25)16(13)11-28-19-21-17(12-29-19)14-7-9-15(27-3)10-8-14/h4-10,12H,11H2,1-3H3. The van der Waals surface area contributed by atoms with E-state index in [0.717, 1.165) is 22.4 Å². The lowest BCUT2D eigenvalue weighted by Crippen LogP contribution is -2.23. The molecule has 0 saturated carbocycles. The molecule has 0 aliphatic rings. The van der Waals surface area contributed by atoms with Crippen molar-refractivity contribution in [2.45, 2.75) is 13.5 Å². The molecule has 0 spiro atoms. The molecule has 2 heterocycles. The van der Waals surface area contributed by atoms with Crippen LogP contribution in [0.4, 0.5) is 0 Å². The van der Waals surface area contributed by atoms with Crippen molar-refractivity contribution in [2.75, 3.05) is 7.11 Å². The molecule has 0 bridgehead atoms. The van der Waals surface area contributed by atoms with Crippen LogP contribution in [0.2, 0.25) is 0 Å². The number of methoxy groups -OCH3 is 1. The predicted octanol–water partition coefficient (Wildman–Crippen LogP) is 2.52. The fourth-order valence-corrected chi connectivity index (χ4v) is 2.89. The van der Waals surface area contributed by atoms with Gasteiger partial charge in [0.2, 0.25) is 0 Å². The number of hydrogen-bond acceptors (Lipinski definition) is 7. The van der Waals surface area contributed by atoms with E-state index in [9.17, 15) is 4.79 Å². The maximum atomic E-state index is 12.2. The fourth-order valence-electron chi connectivity index (χ4n) is 2.89. The average molecular weight is 393 g/mol. The van der Waals surface area contributed by atoms with Gasteiger partial charge in [0.25, 0.3) is 0 Å². The molecule has 0 saturated heterocycles. The van der Waals surface area contributed by atoms with Crippen molar-refractivity contribution in [3.8, 4) is 28.8 Å². The van der Waals surface area contributed by atoms with Gasteiger partial charge in [0.1, 0.15) is 24.3 Å². The lowest BCUT2D eigenvalue weighted by Gasteiger charge is -2.11. The highest BCUT2D eigenvalue weighted by Crippen LogP contribution is 2.25. The Morgan fingerprint density at radius 3 is 2.59 bits per heavy atom. The second-order valence-corrected chi connectivity index (χ2v) is 6.39. The van der Waals surface area contributed by atoms with Gasteiger partial charge in [-0.05, 0) is 53.2 Å². The molecule has 0 atom stereocenters. The van der Waals surface area contributed by atoms with Gasteiger partial charge in [-0.3, -0.25) is 0 Å². The molecule has 148 valence electrons. The molecule has 0 N–H and O–H groups in total. The molecular weight excluding hydrogens is 374 g/mol. The first-order chi connectivity index (χ1) is 14.1. The van der Waals surface area contributed by atoms with Crippen LogP contribution in [0, 0.1) is 6.92 Å². The molecule has 0 aliphatic carbocycles. The lowest BCUT2D eigenvalue weighted by molar-refractivity contribution is 0.219.